The molecule has 1 heterocycles. The van der Waals surface area contributed by atoms with E-state index >= 15 is 0 Å². The average Bonchev–Trinajstić information content (AvgIpc) is 3.46. The van der Waals surface area contributed by atoms with E-state index in [9.17, 15) is 14.0 Å². The van der Waals surface area contributed by atoms with Gasteiger partial charge in [0.15, 0.2) is 0 Å². The lowest BCUT2D eigenvalue weighted by Crippen LogP contribution is -2.35. The quantitative estimate of drug-likeness (QED) is 0.842. The Bertz CT molecular complexity index is 730. The van der Waals surface area contributed by atoms with Crippen LogP contribution in [0.4, 0.5) is 4.39 Å². The normalized spacial score (nSPS) is 13.3. The monoisotopic (exact) mass is 341 g/mol. The van der Waals surface area contributed by atoms with E-state index in [1.54, 1.807) is 36.7 Å². The van der Waals surface area contributed by atoms with Crippen molar-refractivity contribution in [3.63, 3.8) is 0 Å². The Morgan fingerprint density at radius 1 is 1.12 bits per heavy atom. The molecule has 2 amide bonds. The van der Waals surface area contributed by atoms with Crippen LogP contribution in [-0.2, 0) is 11.3 Å². The predicted molar refractivity (Wildman–Crippen MR) is 91.2 cm³/mol. The zero-order valence-electron chi connectivity index (χ0n) is 13.8. The molecule has 2 aromatic rings. The molecule has 6 heteroatoms. The van der Waals surface area contributed by atoms with Gasteiger partial charge in [0.25, 0.3) is 5.91 Å². The number of carbonyl (C=O) groups is 2. The standard InChI is InChI=1S/C19H20FN3O2/c20-16-3-1-14(2-4-16)13-23(17-5-6-17)18(24)9-12-22-19(25)15-7-10-21-11-8-15/h1-4,7-8,10-11,17H,5-6,9,12-13H2,(H,22,25). The summed E-state index contributed by atoms with van der Waals surface area (Å²) in [5.74, 6) is -0.500. The maximum absolute atomic E-state index is 13.0. The molecule has 0 atom stereocenters. The third-order valence-corrected chi connectivity index (χ3v) is 4.14. The van der Waals surface area contributed by atoms with Gasteiger partial charge in [-0.3, -0.25) is 14.6 Å². The first-order valence-corrected chi connectivity index (χ1v) is 8.35. The minimum atomic E-state index is -0.285. The van der Waals surface area contributed by atoms with Crippen LogP contribution in [0.2, 0.25) is 0 Å². The molecule has 0 aliphatic heterocycles. The Labute approximate surface area is 145 Å². The lowest BCUT2D eigenvalue weighted by atomic mass is 10.2. The summed E-state index contributed by atoms with van der Waals surface area (Å²) in [5, 5.41) is 2.75. The van der Waals surface area contributed by atoms with E-state index in [4.69, 9.17) is 0 Å². The van der Waals surface area contributed by atoms with Crippen LogP contribution in [0.25, 0.3) is 0 Å². The van der Waals surface area contributed by atoms with Crippen molar-refractivity contribution in [3.8, 4) is 0 Å². The number of rotatable bonds is 7. The number of pyridine rings is 1. The van der Waals surface area contributed by atoms with E-state index < -0.39 is 0 Å². The summed E-state index contributed by atoms with van der Waals surface area (Å²) in [4.78, 5) is 30.2. The van der Waals surface area contributed by atoms with Crippen molar-refractivity contribution in [1.29, 1.82) is 0 Å². The van der Waals surface area contributed by atoms with Crippen molar-refractivity contribution < 1.29 is 14.0 Å². The minimum Gasteiger partial charge on any atom is -0.352 e. The molecular weight excluding hydrogens is 321 g/mol. The molecule has 0 spiro atoms. The lowest BCUT2D eigenvalue weighted by Gasteiger charge is -2.22. The molecule has 1 aliphatic carbocycles. The van der Waals surface area contributed by atoms with Crippen LogP contribution >= 0.6 is 0 Å². The molecule has 0 radical (unpaired) electrons. The van der Waals surface area contributed by atoms with E-state index in [1.807, 2.05) is 4.90 Å². The van der Waals surface area contributed by atoms with Gasteiger partial charge >= 0.3 is 0 Å². The average molecular weight is 341 g/mol. The van der Waals surface area contributed by atoms with Gasteiger partial charge in [-0.25, -0.2) is 4.39 Å². The number of aromatic nitrogens is 1. The number of hydrogen-bond acceptors (Lipinski definition) is 3. The molecule has 25 heavy (non-hydrogen) atoms. The molecular formula is C19H20FN3O2. The predicted octanol–water partition coefficient (Wildman–Crippen LogP) is 2.53. The van der Waals surface area contributed by atoms with Crippen LogP contribution in [0.1, 0.15) is 35.2 Å². The molecule has 0 saturated heterocycles. The summed E-state index contributed by atoms with van der Waals surface area (Å²) in [7, 11) is 0. The number of hydrogen-bond donors (Lipinski definition) is 1. The van der Waals surface area contributed by atoms with Crippen LogP contribution in [0, 0.1) is 5.82 Å². The van der Waals surface area contributed by atoms with Gasteiger partial charge in [-0.1, -0.05) is 12.1 Å². The SMILES string of the molecule is O=C(NCCC(=O)N(Cc1ccc(F)cc1)C1CC1)c1ccncc1. The molecule has 130 valence electrons. The van der Waals surface area contributed by atoms with Gasteiger partial charge in [-0.2, -0.15) is 0 Å². The van der Waals surface area contributed by atoms with Crippen molar-refractivity contribution >= 4 is 11.8 Å². The largest absolute Gasteiger partial charge is 0.352 e. The maximum Gasteiger partial charge on any atom is 0.251 e. The molecule has 3 rings (SSSR count). The lowest BCUT2D eigenvalue weighted by molar-refractivity contribution is -0.132. The second kappa shape index (κ2) is 7.88. The van der Waals surface area contributed by atoms with Gasteiger partial charge in [-0.15, -0.1) is 0 Å². The maximum atomic E-state index is 13.0. The zero-order valence-corrected chi connectivity index (χ0v) is 13.8. The first kappa shape index (κ1) is 17.1. The van der Waals surface area contributed by atoms with Crippen molar-refractivity contribution in [2.45, 2.75) is 31.8 Å². The Balaban J connectivity index is 1.51. The van der Waals surface area contributed by atoms with Gasteiger partial charge in [0.2, 0.25) is 5.91 Å². The highest BCUT2D eigenvalue weighted by Crippen LogP contribution is 2.29. The van der Waals surface area contributed by atoms with E-state index in [0.29, 0.717) is 12.1 Å². The summed E-state index contributed by atoms with van der Waals surface area (Å²) >= 11 is 0. The number of halogens is 1. The number of benzene rings is 1. The van der Waals surface area contributed by atoms with Gasteiger partial charge in [0, 0.05) is 43.5 Å². The van der Waals surface area contributed by atoms with Gasteiger partial charge in [0.05, 0.1) is 0 Å². The second-order valence-electron chi connectivity index (χ2n) is 6.12. The fraction of sp³-hybridized carbons (Fsp3) is 0.316. The van der Waals surface area contributed by atoms with E-state index in [0.717, 1.165) is 18.4 Å². The Hall–Kier alpha value is -2.76. The highest BCUT2D eigenvalue weighted by Gasteiger charge is 2.32. The van der Waals surface area contributed by atoms with E-state index in [-0.39, 0.29) is 36.6 Å². The van der Waals surface area contributed by atoms with Crippen molar-refractivity contribution in [2.24, 2.45) is 0 Å². The first-order chi connectivity index (χ1) is 12.1. The molecule has 1 aromatic heterocycles. The summed E-state index contributed by atoms with van der Waals surface area (Å²) in [6.07, 6.45) is 5.34. The van der Waals surface area contributed by atoms with Crippen LogP contribution in [0.5, 0.6) is 0 Å². The fourth-order valence-electron chi connectivity index (χ4n) is 2.63. The van der Waals surface area contributed by atoms with E-state index in [1.165, 1.54) is 12.1 Å². The topological polar surface area (TPSA) is 62.3 Å². The second-order valence-corrected chi connectivity index (χ2v) is 6.12. The van der Waals surface area contributed by atoms with Gasteiger partial charge in [-0.05, 0) is 42.7 Å². The zero-order chi connectivity index (χ0) is 17.6. The molecule has 5 nitrogen and oxygen atoms in total. The van der Waals surface area contributed by atoms with Crippen molar-refractivity contribution in [1.82, 2.24) is 15.2 Å². The van der Waals surface area contributed by atoms with Crippen molar-refractivity contribution in [3.05, 3.63) is 65.7 Å². The highest BCUT2D eigenvalue weighted by atomic mass is 19.1. The van der Waals surface area contributed by atoms with Crippen LogP contribution < -0.4 is 5.32 Å². The van der Waals surface area contributed by atoms with Crippen LogP contribution in [0.3, 0.4) is 0 Å². The Morgan fingerprint density at radius 3 is 2.44 bits per heavy atom. The van der Waals surface area contributed by atoms with Crippen LogP contribution in [-0.4, -0.2) is 34.3 Å². The summed E-state index contributed by atoms with van der Waals surface area (Å²) in [6.45, 7) is 0.759. The minimum absolute atomic E-state index is 0.00172. The van der Waals surface area contributed by atoms with Gasteiger partial charge in [0.1, 0.15) is 5.82 Å². The molecule has 1 N–H and O–H groups in total. The van der Waals surface area contributed by atoms with E-state index in [2.05, 4.69) is 10.3 Å². The number of amides is 2. The number of nitrogens with zero attached hydrogens (tertiary/aromatic N) is 2. The molecule has 0 unspecified atom stereocenters. The molecule has 1 aromatic carbocycles. The highest BCUT2D eigenvalue weighted by molar-refractivity contribution is 5.94. The first-order valence-electron chi connectivity index (χ1n) is 8.35. The summed E-state index contributed by atoms with van der Waals surface area (Å²) in [5.41, 5.74) is 1.43. The van der Waals surface area contributed by atoms with Crippen LogP contribution in [0.15, 0.2) is 48.8 Å². The smallest absolute Gasteiger partial charge is 0.251 e. The third-order valence-electron chi connectivity index (χ3n) is 4.14. The third kappa shape index (κ3) is 4.86. The molecule has 0 bridgehead atoms. The molecule has 1 fully saturated rings. The number of carbonyl (C=O) groups excluding carboxylic acids is 2. The Kier molecular flexibility index (Phi) is 5.38. The summed E-state index contributed by atoms with van der Waals surface area (Å²) in [6, 6.07) is 9.71. The molecule has 1 saturated carbocycles. The summed E-state index contributed by atoms with van der Waals surface area (Å²) < 4.78 is 13.0. The fourth-order valence-corrected chi connectivity index (χ4v) is 2.63. The van der Waals surface area contributed by atoms with Gasteiger partial charge < -0.3 is 10.2 Å². The Morgan fingerprint density at radius 2 is 1.80 bits per heavy atom. The van der Waals surface area contributed by atoms with Crippen molar-refractivity contribution in [2.75, 3.05) is 6.54 Å². The number of nitrogens with one attached hydrogen (secondary N) is 1. The molecule has 1 aliphatic rings.